The van der Waals surface area contributed by atoms with Crippen LogP contribution >= 0.6 is 11.8 Å². The number of alkyl carbamates (subject to hydrolysis) is 1. The van der Waals surface area contributed by atoms with Crippen molar-refractivity contribution in [2.45, 2.75) is 114 Å². The molecule has 5 amide bonds. The van der Waals surface area contributed by atoms with Crippen LogP contribution in [0.25, 0.3) is 0 Å². The predicted octanol–water partition coefficient (Wildman–Crippen LogP) is 1.22. The molecule has 216 valence electrons. The maximum Gasteiger partial charge on any atom is 0.408 e. The molecule has 13 heteroatoms. The first kappa shape index (κ1) is 30.3. The number of fused-ring (bicyclic) bond motifs is 1. The molecule has 3 heterocycles. The highest BCUT2D eigenvalue weighted by atomic mass is 32.2. The number of hydrazine groups is 1. The molecule has 3 saturated heterocycles. The van der Waals surface area contributed by atoms with Gasteiger partial charge >= 0.3 is 12.1 Å². The van der Waals surface area contributed by atoms with Gasteiger partial charge in [0.2, 0.25) is 11.8 Å². The van der Waals surface area contributed by atoms with Crippen molar-refractivity contribution >= 4 is 35.7 Å². The lowest BCUT2D eigenvalue weighted by atomic mass is 10.0. The fourth-order valence-electron chi connectivity index (χ4n) is 4.55. The van der Waals surface area contributed by atoms with Gasteiger partial charge in [-0.05, 0) is 66.2 Å². The summed E-state index contributed by atoms with van der Waals surface area (Å²) in [4.78, 5) is 48.7. The van der Waals surface area contributed by atoms with Crippen molar-refractivity contribution in [2.75, 3.05) is 18.8 Å². The Bertz CT molecular complexity index is 848. The Labute approximate surface area is 229 Å². The minimum absolute atomic E-state index is 0.000924. The van der Waals surface area contributed by atoms with Crippen molar-refractivity contribution in [1.82, 2.24) is 37.4 Å². The first-order valence-corrected chi connectivity index (χ1v) is 14.8. The van der Waals surface area contributed by atoms with E-state index in [1.54, 1.807) is 20.8 Å². The third-order valence-electron chi connectivity index (χ3n) is 6.81. The number of unbranched alkanes of at least 4 members (excludes halogenated alkanes) is 2. The molecule has 4 unspecified atom stereocenters. The summed E-state index contributed by atoms with van der Waals surface area (Å²) < 4.78 is 5.34. The summed E-state index contributed by atoms with van der Waals surface area (Å²) in [7, 11) is 0. The molecule has 0 aromatic carbocycles. The van der Waals surface area contributed by atoms with Gasteiger partial charge in [0.25, 0.3) is 0 Å². The maximum atomic E-state index is 12.9. The number of thioether (sulfide) groups is 1. The van der Waals surface area contributed by atoms with Gasteiger partial charge in [0, 0.05) is 30.5 Å². The molecule has 0 spiro atoms. The first-order valence-electron chi connectivity index (χ1n) is 13.7. The van der Waals surface area contributed by atoms with Gasteiger partial charge in [-0.1, -0.05) is 6.42 Å². The summed E-state index contributed by atoms with van der Waals surface area (Å²) >= 11 is 1.88. The number of ether oxygens (including phenoxy) is 1. The second-order valence-electron chi connectivity index (χ2n) is 11.5. The van der Waals surface area contributed by atoms with Gasteiger partial charge in [0.05, 0.1) is 17.7 Å². The molecule has 0 aliphatic carbocycles. The van der Waals surface area contributed by atoms with Gasteiger partial charge in [-0.15, -0.1) is 0 Å². The zero-order valence-electron chi connectivity index (χ0n) is 23.0. The number of amides is 5. The van der Waals surface area contributed by atoms with Gasteiger partial charge < -0.3 is 31.3 Å². The van der Waals surface area contributed by atoms with Gasteiger partial charge in [0.1, 0.15) is 11.6 Å². The molecule has 0 aromatic heterocycles. The van der Waals surface area contributed by atoms with E-state index in [1.807, 2.05) is 18.7 Å². The molecule has 3 aliphatic heterocycles. The van der Waals surface area contributed by atoms with E-state index in [9.17, 15) is 19.2 Å². The summed E-state index contributed by atoms with van der Waals surface area (Å²) in [5.41, 5.74) is 5.22. The number of hydrogen-bond acceptors (Lipinski definition) is 8. The van der Waals surface area contributed by atoms with Crippen molar-refractivity contribution in [3.8, 4) is 0 Å². The minimum Gasteiger partial charge on any atom is -0.444 e. The summed E-state index contributed by atoms with van der Waals surface area (Å²) in [6.45, 7) is 8.36. The van der Waals surface area contributed by atoms with Crippen molar-refractivity contribution in [3.05, 3.63) is 0 Å². The number of hydrogen-bond donors (Lipinski definition) is 7. The molecule has 4 atom stereocenters. The Morgan fingerprint density at radius 3 is 2.50 bits per heavy atom. The van der Waals surface area contributed by atoms with Crippen molar-refractivity contribution in [3.63, 3.8) is 0 Å². The summed E-state index contributed by atoms with van der Waals surface area (Å²) in [5.74, 6) is 0.696. The van der Waals surface area contributed by atoms with Gasteiger partial charge in [0.15, 0.2) is 0 Å². The highest BCUT2D eigenvalue weighted by Crippen LogP contribution is 2.33. The Balaban J connectivity index is 1.34. The number of carbonyl (C=O) groups is 4. The maximum absolute atomic E-state index is 12.9. The molecule has 3 aliphatic rings. The predicted molar refractivity (Wildman–Crippen MR) is 146 cm³/mol. The third kappa shape index (κ3) is 10.5. The van der Waals surface area contributed by atoms with E-state index in [1.165, 1.54) is 0 Å². The molecule has 3 fully saturated rings. The summed E-state index contributed by atoms with van der Waals surface area (Å²) in [6.07, 6.45) is 5.07. The Hall–Kier alpha value is -2.25. The van der Waals surface area contributed by atoms with Gasteiger partial charge in [-0.3, -0.25) is 9.59 Å². The molecule has 12 nitrogen and oxygen atoms in total. The number of rotatable bonds is 15. The molecule has 0 radical (unpaired) electrons. The summed E-state index contributed by atoms with van der Waals surface area (Å²) in [5, 5.41) is 14.9. The molecule has 0 bridgehead atoms. The van der Waals surface area contributed by atoms with Crippen molar-refractivity contribution in [1.29, 1.82) is 0 Å². The van der Waals surface area contributed by atoms with E-state index in [0.717, 1.165) is 31.4 Å². The van der Waals surface area contributed by atoms with Gasteiger partial charge in [-0.2, -0.15) is 11.8 Å². The molecule has 0 aromatic rings. The lowest BCUT2D eigenvalue weighted by Crippen LogP contribution is -2.48. The topological polar surface area (TPSA) is 182 Å². The number of carbonyl (C=O) groups excluding carboxylic acids is 4. The quantitative estimate of drug-likeness (QED) is 0.0894. The molecule has 3 rings (SSSR count). The van der Waals surface area contributed by atoms with E-state index in [2.05, 4.69) is 37.4 Å². The second kappa shape index (κ2) is 13.7. The van der Waals surface area contributed by atoms with Crippen LogP contribution in [0.1, 0.15) is 79.1 Å². The monoisotopic (exact) mass is 555 g/mol. The normalized spacial score (nSPS) is 24.0. The van der Waals surface area contributed by atoms with E-state index in [-0.39, 0.29) is 35.6 Å². The van der Waals surface area contributed by atoms with Crippen LogP contribution in [0.2, 0.25) is 0 Å². The highest BCUT2D eigenvalue weighted by molar-refractivity contribution is 8.00. The Morgan fingerprint density at radius 1 is 1.08 bits per heavy atom. The van der Waals surface area contributed by atoms with Crippen LogP contribution in [0, 0.1) is 0 Å². The minimum atomic E-state index is -0.710. The van der Waals surface area contributed by atoms with Crippen LogP contribution in [-0.2, 0) is 14.3 Å². The molecule has 7 N–H and O–H groups in total. The van der Waals surface area contributed by atoms with E-state index >= 15 is 0 Å². The van der Waals surface area contributed by atoms with E-state index in [4.69, 9.17) is 4.74 Å². The number of nitrogens with one attached hydrogen (secondary N) is 7. The summed E-state index contributed by atoms with van der Waals surface area (Å²) in [6, 6.07) is -0.393. The smallest absolute Gasteiger partial charge is 0.408 e. The zero-order valence-corrected chi connectivity index (χ0v) is 23.9. The number of urea groups is 1. The lowest BCUT2D eigenvalue weighted by Gasteiger charge is -2.23. The highest BCUT2D eigenvalue weighted by Gasteiger charge is 2.42. The van der Waals surface area contributed by atoms with Crippen LogP contribution in [0.5, 0.6) is 0 Å². The van der Waals surface area contributed by atoms with Crippen molar-refractivity contribution < 1.29 is 23.9 Å². The first-order chi connectivity index (χ1) is 17.9. The SMILES string of the molecule is CC1(CCC(=O)NCCCCC(NC(=O)OC(C)(C)C)C(=O)NCCCCC2SCC3NC(=O)NC32)NN1. The zero-order chi connectivity index (χ0) is 27.8. The van der Waals surface area contributed by atoms with Crippen LogP contribution < -0.4 is 37.4 Å². The van der Waals surface area contributed by atoms with Crippen LogP contribution in [-0.4, -0.2) is 77.4 Å². The van der Waals surface area contributed by atoms with Crippen molar-refractivity contribution in [2.24, 2.45) is 0 Å². The fraction of sp³-hybridized carbons (Fsp3) is 0.840. The largest absolute Gasteiger partial charge is 0.444 e. The van der Waals surface area contributed by atoms with Gasteiger partial charge in [-0.25, -0.2) is 20.4 Å². The van der Waals surface area contributed by atoms with E-state index < -0.39 is 17.7 Å². The average molecular weight is 556 g/mol. The van der Waals surface area contributed by atoms with Crippen LogP contribution in [0.3, 0.4) is 0 Å². The molecular weight excluding hydrogens is 510 g/mol. The van der Waals surface area contributed by atoms with Crippen LogP contribution in [0.15, 0.2) is 0 Å². The Morgan fingerprint density at radius 2 is 1.79 bits per heavy atom. The Kier molecular flexibility index (Phi) is 10.9. The van der Waals surface area contributed by atoms with E-state index in [0.29, 0.717) is 44.0 Å². The molecular formula is C25H45N7O5S. The lowest BCUT2D eigenvalue weighted by molar-refractivity contribution is -0.123. The fourth-order valence-corrected chi connectivity index (χ4v) is 6.10. The average Bonchev–Trinajstić information content (AvgIpc) is 3.28. The van der Waals surface area contributed by atoms with Crippen LogP contribution in [0.4, 0.5) is 9.59 Å². The standard InChI is InChI=1S/C25H45N7O5S/c1-24(2,3)37-23(36)29-16(9-5-7-13-26-19(33)11-12-25(4)31-32-25)21(34)27-14-8-6-10-18-20-17(15-38-18)28-22(35)30-20/h16-18,20,31-32H,5-15H2,1-4H3,(H,26,33)(H,27,34)(H,29,36)(H2,28,30,35). The molecule has 0 saturated carbocycles. The molecule has 38 heavy (non-hydrogen) atoms. The third-order valence-corrected chi connectivity index (χ3v) is 8.31. The second-order valence-corrected chi connectivity index (χ2v) is 12.8.